The summed E-state index contributed by atoms with van der Waals surface area (Å²) in [4.78, 5) is 33.9. The lowest BCUT2D eigenvalue weighted by atomic mass is 10.2. The summed E-state index contributed by atoms with van der Waals surface area (Å²) in [6.45, 7) is -1.12. The van der Waals surface area contributed by atoms with E-state index in [-0.39, 0.29) is 5.69 Å². The van der Waals surface area contributed by atoms with Crippen molar-refractivity contribution in [1.29, 1.82) is 0 Å². The number of alkyl halides is 3. The minimum absolute atomic E-state index is 0.101. The summed E-state index contributed by atoms with van der Waals surface area (Å²) in [6, 6.07) is 0.754. The van der Waals surface area contributed by atoms with Gasteiger partial charge in [-0.2, -0.15) is 13.2 Å². The molecular formula is C14H14F3N5O2. The van der Waals surface area contributed by atoms with E-state index in [0.717, 1.165) is 0 Å². The van der Waals surface area contributed by atoms with E-state index in [4.69, 9.17) is 0 Å². The van der Waals surface area contributed by atoms with Crippen LogP contribution >= 0.6 is 0 Å². The summed E-state index contributed by atoms with van der Waals surface area (Å²) in [5, 5.41) is 1.83. The Morgan fingerprint density at radius 2 is 2.17 bits per heavy atom. The molecule has 7 nitrogen and oxygen atoms in total. The van der Waals surface area contributed by atoms with E-state index in [1.807, 2.05) is 5.32 Å². The number of aromatic nitrogens is 3. The second-order valence-corrected chi connectivity index (χ2v) is 5.44. The Balaban J connectivity index is 1.74. The third kappa shape index (κ3) is 3.31. The van der Waals surface area contributed by atoms with Gasteiger partial charge in [0.1, 0.15) is 18.3 Å². The highest BCUT2D eigenvalue weighted by atomic mass is 19.4. The number of hydrogen-bond donors (Lipinski definition) is 1. The van der Waals surface area contributed by atoms with Crippen LogP contribution in [-0.2, 0) is 4.79 Å². The van der Waals surface area contributed by atoms with E-state index >= 15 is 0 Å². The number of carbonyl (C=O) groups is 2. The number of hydrogen-bond acceptors (Lipinski definition) is 4. The van der Waals surface area contributed by atoms with Crippen molar-refractivity contribution in [2.24, 2.45) is 0 Å². The SMILES string of the molecule is O=C(NCC(F)(F)F)[C@@H]1CCCN1C(=O)c1cn2cccnc2n1. The van der Waals surface area contributed by atoms with Crippen molar-refractivity contribution < 1.29 is 22.8 Å². The van der Waals surface area contributed by atoms with Gasteiger partial charge in [0.2, 0.25) is 11.7 Å². The van der Waals surface area contributed by atoms with Crippen LogP contribution < -0.4 is 5.32 Å². The van der Waals surface area contributed by atoms with Crippen molar-refractivity contribution in [3.63, 3.8) is 0 Å². The first-order valence-corrected chi connectivity index (χ1v) is 7.30. The Hall–Kier alpha value is -2.65. The Kier molecular flexibility index (Phi) is 4.12. The van der Waals surface area contributed by atoms with Crippen molar-refractivity contribution in [3.8, 4) is 0 Å². The number of rotatable bonds is 3. The summed E-state index contributed by atoms with van der Waals surface area (Å²) in [5.41, 5.74) is 0.101. The lowest BCUT2D eigenvalue weighted by Gasteiger charge is -2.23. The van der Waals surface area contributed by atoms with E-state index in [1.54, 1.807) is 16.7 Å². The minimum atomic E-state index is -4.49. The monoisotopic (exact) mass is 341 g/mol. The van der Waals surface area contributed by atoms with Gasteiger partial charge in [-0.05, 0) is 18.9 Å². The van der Waals surface area contributed by atoms with Gasteiger partial charge in [0.15, 0.2) is 0 Å². The van der Waals surface area contributed by atoms with Crippen LogP contribution in [0.2, 0.25) is 0 Å². The molecule has 0 radical (unpaired) electrons. The molecule has 128 valence electrons. The molecule has 2 amide bonds. The molecule has 2 aromatic heterocycles. The molecule has 0 aromatic carbocycles. The molecule has 0 aliphatic carbocycles. The zero-order valence-corrected chi connectivity index (χ0v) is 12.5. The molecule has 0 spiro atoms. The van der Waals surface area contributed by atoms with Gasteiger partial charge in [0, 0.05) is 25.1 Å². The molecule has 1 aliphatic heterocycles. The third-order valence-electron chi connectivity index (χ3n) is 3.73. The maximum absolute atomic E-state index is 12.6. The van der Waals surface area contributed by atoms with E-state index in [0.29, 0.717) is 25.2 Å². The molecule has 3 heterocycles. The number of likely N-dealkylation sites (tertiary alicyclic amines) is 1. The molecule has 1 atom stereocenters. The van der Waals surface area contributed by atoms with Crippen LogP contribution in [0.3, 0.4) is 0 Å². The molecule has 1 saturated heterocycles. The van der Waals surface area contributed by atoms with E-state index in [1.165, 1.54) is 17.3 Å². The summed E-state index contributed by atoms with van der Waals surface area (Å²) >= 11 is 0. The molecule has 0 unspecified atom stereocenters. The number of fused-ring (bicyclic) bond motifs is 1. The third-order valence-corrected chi connectivity index (χ3v) is 3.73. The second-order valence-electron chi connectivity index (χ2n) is 5.44. The van der Waals surface area contributed by atoms with Crippen LogP contribution in [0, 0.1) is 0 Å². The smallest absolute Gasteiger partial charge is 0.345 e. The Morgan fingerprint density at radius 3 is 2.88 bits per heavy atom. The average Bonchev–Trinajstić information content (AvgIpc) is 3.17. The van der Waals surface area contributed by atoms with Gasteiger partial charge in [0.25, 0.3) is 5.91 Å². The van der Waals surface area contributed by atoms with Crippen LogP contribution in [-0.4, -0.2) is 56.4 Å². The van der Waals surface area contributed by atoms with E-state index in [2.05, 4.69) is 9.97 Å². The molecule has 3 rings (SSSR count). The maximum atomic E-state index is 12.6. The molecule has 2 aromatic rings. The normalized spacial score (nSPS) is 18.1. The van der Waals surface area contributed by atoms with E-state index in [9.17, 15) is 22.8 Å². The Labute approximate surface area is 134 Å². The van der Waals surface area contributed by atoms with Crippen molar-refractivity contribution in [3.05, 3.63) is 30.4 Å². The number of nitrogens with zero attached hydrogens (tertiary/aromatic N) is 4. The molecule has 1 N–H and O–H groups in total. The van der Waals surface area contributed by atoms with Crippen LogP contribution in [0.4, 0.5) is 13.2 Å². The molecule has 0 bridgehead atoms. The predicted octanol–water partition coefficient (Wildman–Crippen LogP) is 1.01. The Bertz CT molecular complexity index is 740. The first-order valence-electron chi connectivity index (χ1n) is 7.30. The van der Waals surface area contributed by atoms with Gasteiger partial charge in [-0.1, -0.05) is 0 Å². The highest BCUT2D eigenvalue weighted by Gasteiger charge is 2.37. The van der Waals surface area contributed by atoms with Gasteiger partial charge in [-0.25, -0.2) is 9.97 Å². The minimum Gasteiger partial charge on any atom is -0.345 e. The molecule has 1 fully saturated rings. The molecule has 1 aliphatic rings. The van der Waals surface area contributed by atoms with Crippen molar-refractivity contribution >= 4 is 17.6 Å². The molecule has 24 heavy (non-hydrogen) atoms. The fraction of sp³-hybridized carbons (Fsp3) is 0.429. The van der Waals surface area contributed by atoms with E-state index < -0.39 is 30.6 Å². The van der Waals surface area contributed by atoms with Gasteiger partial charge in [-0.3, -0.25) is 14.0 Å². The fourth-order valence-corrected chi connectivity index (χ4v) is 2.67. The topological polar surface area (TPSA) is 79.6 Å². The van der Waals surface area contributed by atoms with Gasteiger partial charge in [0.05, 0.1) is 0 Å². The first kappa shape index (κ1) is 16.2. The standard InChI is InChI=1S/C14H14F3N5O2/c15-14(16,17)8-19-11(23)10-3-1-6-22(10)12(24)9-7-21-5-2-4-18-13(21)20-9/h2,4-5,7,10H,1,3,6,8H2,(H,19,23)/t10-/m0/s1. The molecular weight excluding hydrogens is 327 g/mol. The maximum Gasteiger partial charge on any atom is 0.405 e. The summed E-state index contributed by atoms with van der Waals surface area (Å²) in [6.07, 6.45) is 1.05. The summed E-state index contributed by atoms with van der Waals surface area (Å²) in [7, 11) is 0. The highest BCUT2D eigenvalue weighted by Crippen LogP contribution is 2.21. The number of halogens is 3. The number of imidazole rings is 1. The lowest BCUT2D eigenvalue weighted by molar-refractivity contribution is -0.140. The number of amides is 2. The van der Waals surface area contributed by atoms with Crippen LogP contribution in [0.1, 0.15) is 23.3 Å². The number of nitrogens with one attached hydrogen (secondary N) is 1. The van der Waals surface area contributed by atoms with Crippen molar-refractivity contribution in [2.45, 2.75) is 25.1 Å². The average molecular weight is 341 g/mol. The lowest BCUT2D eigenvalue weighted by Crippen LogP contribution is -2.48. The molecule has 0 saturated carbocycles. The predicted molar refractivity (Wildman–Crippen MR) is 76.1 cm³/mol. The summed E-state index contributed by atoms with van der Waals surface area (Å²) < 4.78 is 38.2. The van der Waals surface area contributed by atoms with Crippen LogP contribution in [0.25, 0.3) is 5.78 Å². The fourth-order valence-electron chi connectivity index (χ4n) is 2.67. The number of carbonyl (C=O) groups excluding carboxylic acids is 2. The first-order chi connectivity index (χ1) is 11.3. The largest absolute Gasteiger partial charge is 0.405 e. The highest BCUT2D eigenvalue weighted by molar-refractivity contribution is 5.96. The second kappa shape index (κ2) is 6.10. The Morgan fingerprint density at radius 1 is 1.38 bits per heavy atom. The summed E-state index contributed by atoms with van der Waals surface area (Å²) in [5.74, 6) is -0.969. The van der Waals surface area contributed by atoms with Gasteiger partial charge in [-0.15, -0.1) is 0 Å². The van der Waals surface area contributed by atoms with Gasteiger partial charge >= 0.3 is 6.18 Å². The molecule has 10 heteroatoms. The quantitative estimate of drug-likeness (QED) is 0.904. The zero-order chi connectivity index (χ0) is 17.3. The zero-order valence-electron chi connectivity index (χ0n) is 12.5. The van der Waals surface area contributed by atoms with Crippen molar-refractivity contribution in [1.82, 2.24) is 24.6 Å². The van der Waals surface area contributed by atoms with Crippen LogP contribution in [0.5, 0.6) is 0 Å². The van der Waals surface area contributed by atoms with Crippen molar-refractivity contribution in [2.75, 3.05) is 13.1 Å². The van der Waals surface area contributed by atoms with Gasteiger partial charge < -0.3 is 10.2 Å². The van der Waals surface area contributed by atoms with Crippen LogP contribution in [0.15, 0.2) is 24.7 Å².